The largest absolute Gasteiger partial charge is 0.505 e. The molecule has 1 heterocycles. The lowest BCUT2D eigenvalue weighted by Crippen LogP contribution is -2.03. The van der Waals surface area contributed by atoms with Crippen molar-refractivity contribution < 1.29 is 45.7 Å². The zero-order valence-corrected chi connectivity index (χ0v) is 25.1. The van der Waals surface area contributed by atoms with Crippen LogP contribution in [0.25, 0.3) is 21.5 Å². The molecule has 0 unspecified atom stereocenters. The molecule has 0 amide bonds. The first-order chi connectivity index (χ1) is 20.8. The molecular weight excluding hydrogens is 687 g/mol. The first-order valence-electron chi connectivity index (χ1n) is 11.5. The van der Waals surface area contributed by atoms with Gasteiger partial charge in [-0.25, -0.2) is 5.26 Å². The minimum Gasteiger partial charge on any atom is -0.505 e. The number of hydrogen-bond donors (Lipinski definition) is 5. The monoisotopic (exact) mass is 700 g/mol. The SMILES string of the molecule is O=S(=O)(O)c1cc(Nc2nc(Cl)nc(Cl)n2)c2c(O)c(/N=N/c3ccc4ccccc4c3S(=O)(=O)O)c(SOOO)cc2c1. The van der Waals surface area contributed by atoms with Gasteiger partial charge < -0.3 is 10.4 Å². The van der Waals surface area contributed by atoms with Crippen molar-refractivity contribution in [2.45, 2.75) is 14.7 Å². The number of phenolic OH excluding ortho intramolecular Hbond substituents is 1. The van der Waals surface area contributed by atoms with Crippen LogP contribution in [0.3, 0.4) is 0 Å². The predicted octanol–water partition coefficient (Wildman–Crippen LogP) is 6.27. The van der Waals surface area contributed by atoms with Gasteiger partial charge in [0.05, 0.1) is 27.5 Å². The van der Waals surface area contributed by atoms with Gasteiger partial charge in [0.2, 0.25) is 16.5 Å². The highest BCUT2D eigenvalue weighted by Gasteiger charge is 2.24. The van der Waals surface area contributed by atoms with Gasteiger partial charge in [-0.1, -0.05) is 35.4 Å². The van der Waals surface area contributed by atoms with Crippen LogP contribution < -0.4 is 5.32 Å². The lowest BCUT2D eigenvalue weighted by Gasteiger charge is -2.15. The van der Waals surface area contributed by atoms with E-state index in [1.807, 2.05) is 0 Å². The fourth-order valence-corrected chi connectivity index (χ4v) is 6.35. The number of azo groups is 1. The van der Waals surface area contributed by atoms with Gasteiger partial charge >= 0.3 is 0 Å². The van der Waals surface area contributed by atoms with Gasteiger partial charge in [-0.05, 0) is 58.2 Å². The van der Waals surface area contributed by atoms with Crippen molar-refractivity contribution in [1.29, 1.82) is 0 Å². The molecule has 5 aromatic rings. The second kappa shape index (κ2) is 12.3. The number of hydrogen-bond acceptors (Lipinski definition) is 15. The van der Waals surface area contributed by atoms with Gasteiger partial charge in [0, 0.05) is 10.8 Å². The van der Waals surface area contributed by atoms with Crippen molar-refractivity contribution in [2.24, 2.45) is 10.2 Å². The van der Waals surface area contributed by atoms with Crippen molar-refractivity contribution in [2.75, 3.05) is 5.32 Å². The van der Waals surface area contributed by atoms with E-state index in [9.17, 15) is 31.0 Å². The summed E-state index contributed by atoms with van der Waals surface area (Å²) in [5.74, 6) is -0.976. The van der Waals surface area contributed by atoms with E-state index in [0.29, 0.717) is 17.4 Å². The third-order valence-electron chi connectivity index (χ3n) is 5.78. The molecule has 21 heteroatoms. The quantitative estimate of drug-likeness (QED) is 0.0374. The van der Waals surface area contributed by atoms with Gasteiger partial charge in [0.15, 0.2) is 5.75 Å². The van der Waals surface area contributed by atoms with Crippen molar-refractivity contribution in [3.8, 4) is 5.75 Å². The molecule has 44 heavy (non-hydrogen) atoms. The molecule has 1 aromatic heterocycles. The van der Waals surface area contributed by atoms with Crippen LogP contribution in [0.5, 0.6) is 5.75 Å². The summed E-state index contributed by atoms with van der Waals surface area (Å²) in [5, 5.41) is 34.1. The highest BCUT2D eigenvalue weighted by Crippen LogP contribution is 2.48. The van der Waals surface area contributed by atoms with E-state index >= 15 is 0 Å². The Kier molecular flexibility index (Phi) is 8.87. The molecule has 0 aliphatic carbocycles. The maximum absolute atomic E-state index is 12.3. The van der Waals surface area contributed by atoms with Gasteiger partial charge in [0.25, 0.3) is 20.2 Å². The first-order valence-corrected chi connectivity index (χ1v) is 15.8. The number of nitrogens with one attached hydrogen (secondary N) is 1. The number of benzene rings is 4. The Morgan fingerprint density at radius 1 is 0.864 bits per heavy atom. The Hall–Kier alpha value is -3.76. The molecule has 0 radical (unpaired) electrons. The standard InChI is InChI=1S/C23H14Cl2N6O10S3/c24-21-27-22(25)29-23(28-21)26-15-9-12(43(34,35)36)7-11-8-16(42-41-40-33)18(19(32)17(11)15)31-30-14-6-5-10-3-1-2-4-13(10)20(14)44(37,38)39/h1-9,32-33H,(H,34,35,36)(H,37,38,39)(H,26,27,28,29)/b31-30+. The van der Waals surface area contributed by atoms with E-state index in [-0.39, 0.29) is 48.9 Å². The third-order valence-corrected chi connectivity index (χ3v) is 8.51. The summed E-state index contributed by atoms with van der Waals surface area (Å²) in [4.78, 5) is 9.94. The molecule has 16 nitrogen and oxygen atoms in total. The molecule has 0 aliphatic heterocycles. The number of aromatic nitrogens is 3. The van der Waals surface area contributed by atoms with Crippen LogP contribution in [0.15, 0.2) is 79.5 Å². The zero-order valence-electron chi connectivity index (χ0n) is 21.2. The van der Waals surface area contributed by atoms with E-state index in [4.69, 9.17) is 28.5 Å². The number of aromatic hydroxyl groups is 1. The summed E-state index contributed by atoms with van der Waals surface area (Å²) in [5.41, 5.74) is -0.915. The molecule has 0 spiro atoms. The van der Waals surface area contributed by atoms with Gasteiger partial charge in [-0.2, -0.15) is 31.8 Å². The highest BCUT2D eigenvalue weighted by molar-refractivity contribution is 7.94. The number of halogens is 2. The second-order valence-electron chi connectivity index (χ2n) is 8.47. The molecule has 4 aromatic carbocycles. The van der Waals surface area contributed by atoms with Crippen LogP contribution >= 0.6 is 35.2 Å². The maximum atomic E-state index is 12.3. The Morgan fingerprint density at radius 3 is 2.23 bits per heavy atom. The zero-order chi connectivity index (χ0) is 31.8. The van der Waals surface area contributed by atoms with Gasteiger partial charge in [-0.15, -0.1) is 14.6 Å². The lowest BCUT2D eigenvalue weighted by molar-refractivity contribution is -0.432. The van der Waals surface area contributed by atoms with Crippen LogP contribution in [0.4, 0.5) is 23.0 Å². The molecular formula is C23H14Cl2N6O10S3. The molecule has 5 rings (SSSR count). The minimum atomic E-state index is -4.83. The van der Waals surface area contributed by atoms with Gasteiger partial charge in [0.1, 0.15) is 16.3 Å². The molecule has 0 saturated heterocycles. The summed E-state index contributed by atoms with van der Waals surface area (Å²) >= 11 is 12.0. The lowest BCUT2D eigenvalue weighted by atomic mass is 10.1. The second-order valence-corrected chi connectivity index (χ2v) is 12.7. The normalized spacial score (nSPS) is 12.4. The van der Waals surface area contributed by atoms with Crippen LogP contribution in [-0.2, 0) is 29.6 Å². The average Bonchev–Trinajstić information content (AvgIpc) is 2.93. The topological polar surface area (TPSA) is 243 Å². The molecule has 0 aliphatic rings. The fourth-order valence-electron chi connectivity index (χ4n) is 4.11. The Balaban J connectivity index is 1.77. The summed E-state index contributed by atoms with van der Waals surface area (Å²) < 4.78 is 73.0. The van der Waals surface area contributed by atoms with E-state index in [1.165, 1.54) is 24.3 Å². The summed E-state index contributed by atoms with van der Waals surface area (Å²) in [7, 11) is -9.64. The molecule has 5 N–H and O–H groups in total. The van der Waals surface area contributed by atoms with E-state index in [0.717, 1.165) is 12.1 Å². The number of fused-ring (bicyclic) bond motifs is 2. The third kappa shape index (κ3) is 6.66. The van der Waals surface area contributed by atoms with Crippen molar-refractivity contribution in [3.63, 3.8) is 0 Å². The van der Waals surface area contributed by atoms with Crippen LogP contribution in [0, 0.1) is 0 Å². The van der Waals surface area contributed by atoms with E-state index < -0.39 is 41.5 Å². The Labute approximate surface area is 260 Å². The van der Waals surface area contributed by atoms with Crippen LogP contribution in [0.2, 0.25) is 10.6 Å². The smallest absolute Gasteiger partial charge is 0.297 e. The highest BCUT2D eigenvalue weighted by atomic mass is 35.5. The number of rotatable bonds is 9. The average molecular weight is 702 g/mol. The number of anilines is 2. The molecule has 0 fully saturated rings. The Bertz CT molecular complexity index is 2190. The van der Waals surface area contributed by atoms with E-state index in [1.54, 1.807) is 18.2 Å². The van der Waals surface area contributed by atoms with E-state index in [2.05, 4.69) is 39.9 Å². The maximum Gasteiger partial charge on any atom is 0.297 e. The van der Waals surface area contributed by atoms with Crippen molar-refractivity contribution >= 4 is 100 Å². The summed E-state index contributed by atoms with van der Waals surface area (Å²) in [6, 6.07) is 12.2. The van der Waals surface area contributed by atoms with Crippen LogP contribution in [0.1, 0.15) is 0 Å². The van der Waals surface area contributed by atoms with Gasteiger partial charge in [-0.3, -0.25) is 9.11 Å². The van der Waals surface area contributed by atoms with Crippen molar-refractivity contribution in [3.05, 3.63) is 65.2 Å². The summed E-state index contributed by atoms with van der Waals surface area (Å²) in [6.45, 7) is 0. The molecule has 228 valence electrons. The first kappa shape index (κ1) is 31.7. The number of nitrogens with zero attached hydrogens (tertiary/aromatic N) is 5. The molecule has 0 saturated carbocycles. The van der Waals surface area contributed by atoms with Crippen LogP contribution in [-0.4, -0.2) is 51.3 Å². The minimum absolute atomic E-state index is 0.0429. The summed E-state index contributed by atoms with van der Waals surface area (Å²) in [6.07, 6.45) is 0. The molecule has 0 atom stereocenters. The molecule has 0 bridgehead atoms. The fraction of sp³-hybridized carbons (Fsp3) is 0. The van der Waals surface area contributed by atoms with Crippen molar-refractivity contribution in [1.82, 2.24) is 15.0 Å². The predicted molar refractivity (Wildman–Crippen MR) is 157 cm³/mol. The Morgan fingerprint density at radius 2 is 1.57 bits per heavy atom. The number of phenols is 1.